The number of fused-ring (bicyclic) bond motifs is 1. The first-order valence-corrected chi connectivity index (χ1v) is 8.23. The summed E-state index contributed by atoms with van der Waals surface area (Å²) in [6, 6.07) is 10.3. The van der Waals surface area contributed by atoms with E-state index in [2.05, 4.69) is 5.32 Å². The van der Waals surface area contributed by atoms with Crippen molar-refractivity contribution in [2.45, 2.75) is 19.0 Å². The third kappa shape index (κ3) is 4.68. The van der Waals surface area contributed by atoms with Crippen molar-refractivity contribution in [2.24, 2.45) is 0 Å². The molecule has 0 aliphatic carbocycles. The van der Waals surface area contributed by atoms with Crippen LogP contribution in [0.5, 0.6) is 11.5 Å². The Labute approximate surface area is 148 Å². The normalized spacial score (nSPS) is 13.3. The molecular formula is C19H18F3NO3. The molecular weight excluding hydrogens is 347 g/mol. The Balaban J connectivity index is 1.47. The fraction of sp³-hybridized carbons (Fsp3) is 0.316. The molecule has 1 N–H and O–H groups in total. The number of carbonyl (C=O) groups excluding carboxylic acids is 1. The van der Waals surface area contributed by atoms with E-state index >= 15 is 0 Å². The van der Waals surface area contributed by atoms with Crippen LogP contribution in [0, 0.1) is 0 Å². The second-order valence-corrected chi connectivity index (χ2v) is 5.95. The van der Waals surface area contributed by atoms with E-state index in [1.807, 2.05) is 6.07 Å². The Bertz CT molecular complexity index is 773. The molecule has 0 aromatic heterocycles. The number of ether oxygens (including phenoxy) is 2. The number of rotatable bonds is 5. The van der Waals surface area contributed by atoms with Gasteiger partial charge in [-0.05, 0) is 41.8 Å². The zero-order valence-corrected chi connectivity index (χ0v) is 13.9. The van der Waals surface area contributed by atoms with Gasteiger partial charge in [0.25, 0.3) is 0 Å². The Hall–Kier alpha value is -2.70. The first-order chi connectivity index (χ1) is 12.4. The summed E-state index contributed by atoms with van der Waals surface area (Å²) in [5, 5.41) is 2.77. The number of alkyl halides is 3. The minimum Gasteiger partial charge on any atom is -0.486 e. The summed E-state index contributed by atoms with van der Waals surface area (Å²) in [5.74, 6) is 1.14. The molecule has 0 fully saturated rings. The lowest BCUT2D eigenvalue weighted by Gasteiger charge is -2.18. The molecule has 0 saturated carbocycles. The number of hydrogen-bond acceptors (Lipinski definition) is 3. The van der Waals surface area contributed by atoms with Crippen molar-refractivity contribution >= 4 is 5.91 Å². The van der Waals surface area contributed by atoms with Crippen LogP contribution in [0.2, 0.25) is 0 Å². The van der Waals surface area contributed by atoms with Crippen molar-refractivity contribution in [1.82, 2.24) is 5.32 Å². The topological polar surface area (TPSA) is 47.6 Å². The van der Waals surface area contributed by atoms with Crippen LogP contribution in [-0.4, -0.2) is 25.7 Å². The summed E-state index contributed by atoms with van der Waals surface area (Å²) in [7, 11) is 0. The molecule has 1 aliphatic rings. The fourth-order valence-corrected chi connectivity index (χ4v) is 2.65. The number of amides is 1. The highest BCUT2D eigenvalue weighted by Gasteiger charge is 2.29. The second-order valence-electron chi connectivity index (χ2n) is 5.95. The fourth-order valence-electron chi connectivity index (χ4n) is 2.65. The predicted molar refractivity (Wildman–Crippen MR) is 89.3 cm³/mol. The molecule has 26 heavy (non-hydrogen) atoms. The Morgan fingerprint density at radius 1 is 0.962 bits per heavy atom. The van der Waals surface area contributed by atoms with E-state index in [9.17, 15) is 18.0 Å². The lowest BCUT2D eigenvalue weighted by Crippen LogP contribution is -2.27. The van der Waals surface area contributed by atoms with Crippen LogP contribution in [-0.2, 0) is 23.8 Å². The highest BCUT2D eigenvalue weighted by molar-refractivity contribution is 5.78. The highest BCUT2D eigenvalue weighted by atomic mass is 19.4. The molecule has 138 valence electrons. The van der Waals surface area contributed by atoms with Gasteiger partial charge in [-0.3, -0.25) is 4.79 Å². The third-order valence-corrected chi connectivity index (χ3v) is 3.99. The van der Waals surface area contributed by atoms with Crippen LogP contribution in [0.1, 0.15) is 16.7 Å². The SMILES string of the molecule is O=C(Cc1ccc2c(c1)OCCO2)NCCc1ccc(C(F)(F)F)cc1. The van der Waals surface area contributed by atoms with E-state index in [0.29, 0.717) is 37.7 Å². The van der Waals surface area contributed by atoms with Crippen molar-refractivity contribution in [1.29, 1.82) is 0 Å². The smallest absolute Gasteiger partial charge is 0.416 e. The lowest BCUT2D eigenvalue weighted by atomic mass is 10.1. The summed E-state index contributed by atoms with van der Waals surface area (Å²) in [6.45, 7) is 1.35. The van der Waals surface area contributed by atoms with Crippen molar-refractivity contribution in [2.75, 3.05) is 19.8 Å². The molecule has 0 bridgehead atoms. The van der Waals surface area contributed by atoms with Crippen molar-refractivity contribution in [3.63, 3.8) is 0 Å². The quantitative estimate of drug-likeness (QED) is 0.884. The van der Waals surface area contributed by atoms with Gasteiger partial charge in [0, 0.05) is 6.54 Å². The molecule has 4 nitrogen and oxygen atoms in total. The van der Waals surface area contributed by atoms with Gasteiger partial charge in [0.05, 0.1) is 12.0 Å². The van der Waals surface area contributed by atoms with Gasteiger partial charge in [0.2, 0.25) is 5.91 Å². The third-order valence-electron chi connectivity index (χ3n) is 3.99. The van der Waals surface area contributed by atoms with E-state index in [1.165, 1.54) is 12.1 Å². The average molecular weight is 365 g/mol. The maximum absolute atomic E-state index is 12.5. The van der Waals surface area contributed by atoms with Gasteiger partial charge in [0.1, 0.15) is 13.2 Å². The monoisotopic (exact) mass is 365 g/mol. The van der Waals surface area contributed by atoms with E-state index in [-0.39, 0.29) is 12.3 Å². The molecule has 0 saturated heterocycles. The van der Waals surface area contributed by atoms with Gasteiger partial charge < -0.3 is 14.8 Å². The standard InChI is InChI=1S/C19H18F3NO3/c20-19(21,22)15-4-1-13(2-5-15)7-8-23-18(24)12-14-3-6-16-17(11-14)26-10-9-25-16/h1-6,11H,7-10,12H2,(H,23,24). The van der Waals surface area contributed by atoms with Crippen LogP contribution in [0.25, 0.3) is 0 Å². The number of nitrogens with one attached hydrogen (secondary N) is 1. The summed E-state index contributed by atoms with van der Waals surface area (Å²) in [5.41, 5.74) is 0.864. The summed E-state index contributed by atoms with van der Waals surface area (Å²) in [6.07, 6.45) is -3.68. The van der Waals surface area contributed by atoms with Gasteiger partial charge in [-0.15, -0.1) is 0 Å². The molecule has 0 atom stereocenters. The van der Waals surface area contributed by atoms with E-state index in [1.54, 1.807) is 12.1 Å². The van der Waals surface area contributed by atoms with Gasteiger partial charge in [-0.25, -0.2) is 0 Å². The Kier molecular flexibility index (Phi) is 5.35. The molecule has 2 aromatic rings. The molecule has 7 heteroatoms. The van der Waals surface area contributed by atoms with Crippen LogP contribution in [0.4, 0.5) is 13.2 Å². The molecule has 0 unspecified atom stereocenters. The van der Waals surface area contributed by atoms with Crippen LogP contribution < -0.4 is 14.8 Å². The first-order valence-electron chi connectivity index (χ1n) is 8.23. The molecule has 1 aliphatic heterocycles. The maximum atomic E-state index is 12.5. The molecule has 2 aromatic carbocycles. The van der Waals surface area contributed by atoms with Crippen molar-refractivity contribution in [3.05, 3.63) is 59.2 Å². The van der Waals surface area contributed by atoms with Crippen LogP contribution in [0.3, 0.4) is 0 Å². The highest BCUT2D eigenvalue weighted by Crippen LogP contribution is 2.31. The zero-order chi connectivity index (χ0) is 18.6. The summed E-state index contributed by atoms with van der Waals surface area (Å²) in [4.78, 5) is 12.0. The zero-order valence-electron chi connectivity index (χ0n) is 13.9. The van der Waals surface area contributed by atoms with Crippen LogP contribution in [0.15, 0.2) is 42.5 Å². The lowest BCUT2D eigenvalue weighted by molar-refractivity contribution is -0.137. The summed E-state index contributed by atoms with van der Waals surface area (Å²) < 4.78 is 48.5. The van der Waals surface area contributed by atoms with E-state index < -0.39 is 11.7 Å². The Morgan fingerprint density at radius 3 is 2.31 bits per heavy atom. The number of halogens is 3. The average Bonchev–Trinajstić information content (AvgIpc) is 2.61. The summed E-state index contributed by atoms with van der Waals surface area (Å²) >= 11 is 0. The Morgan fingerprint density at radius 2 is 1.62 bits per heavy atom. The van der Waals surface area contributed by atoms with Crippen molar-refractivity contribution < 1.29 is 27.4 Å². The van der Waals surface area contributed by atoms with E-state index in [4.69, 9.17) is 9.47 Å². The number of hydrogen-bond donors (Lipinski definition) is 1. The van der Waals surface area contributed by atoms with Gasteiger partial charge in [-0.2, -0.15) is 13.2 Å². The molecule has 0 radical (unpaired) electrons. The van der Waals surface area contributed by atoms with Gasteiger partial charge in [-0.1, -0.05) is 18.2 Å². The van der Waals surface area contributed by atoms with Crippen molar-refractivity contribution in [3.8, 4) is 11.5 Å². The number of carbonyl (C=O) groups is 1. The number of benzene rings is 2. The molecule has 1 heterocycles. The van der Waals surface area contributed by atoms with Gasteiger partial charge >= 0.3 is 6.18 Å². The minimum atomic E-state index is -4.34. The molecule has 3 rings (SSSR count). The minimum absolute atomic E-state index is 0.159. The first kappa shape index (κ1) is 18.1. The maximum Gasteiger partial charge on any atom is 0.416 e. The largest absolute Gasteiger partial charge is 0.486 e. The molecule has 0 spiro atoms. The second kappa shape index (κ2) is 7.68. The van der Waals surface area contributed by atoms with Gasteiger partial charge in [0.15, 0.2) is 11.5 Å². The van der Waals surface area contributed by atoms with E-state index in [0.717, 1.165) is 23.3 Å². The van der Waals surface area contributed by atoms with Crippen LogP contribution >= 0.6 is 0 Å². The molecule has 1 amide bonds. The predicted octanol–water partition coefficient (Wildman–Crippen LogP) is 3.38.